The first-order valence-electron chi connectivity index (χ1n) is 4.13. The third-order valence-electron chi connectivity index (χ3n) is 1.87. The van der Waals surface area contributed by atoms with Gasteiger partial charge in [-0.05, 0) is 6.07 Å². The van der Waals surface area contributed by atoms with Crippen LogP contribution in [0.4, 0.5) is 0 Å². The molecule has 0 aliphatic rings. The number of carbonyl (C=O) groups excluding carboxylic acids is 1. The summed E-state index contributed by atoms with van der Waals surface area (Å²) < 4.78 is 14.6. The van der Waals surface area contributed by atoms with Crippen molar-refractivity contribution in [1.29, 1.82) is 0 Å². The average Bonchev–Trinajstić information content (AvgIpc) is 2.28. The SMILES string of the molecule is COC(=O)c1cc(OC)cc(OC)c1Cl. The van der Waals surface area contributed by atoms with Crippen molar-refractivity contribution in [1.82, 2.24) is 0 Å². The van der Waals surface area contributed by atoms with Gasteiger partial charge in [-0.3, -0.25) is 0 Å². The number of ether oxygens (including phenoxy) is 3. The second kappa shape index (κ2) is 4.89. The van der Waals surface area contributed by atoms with E-state index < -0.39 is 5.97 Å². The predicted octanol–water partition coefficient (Wildman–Crippen LogP) is 2.14. The van der Waals surface area contributed by atoms with E-state index >= 15 is 0 Å². The molecule has 15 heavy (non-hydrogen) atoms. The molecule has 0 aliphatic carbocycles. The molecule has 0 radical (unpaired) electrons. The van der Waals surface area contributed by atoms with Gasteiger partial charge >= 0.3 is 5.97 Å². The average molecular weight is 231 g/mol. The maximum absolute atomic E-state index is 11.4. The van der Waals surface area contributed by atoms with E-state index in [4.69, 9.17) is 21.1 Å². The molecule has 1 aromatic carbocycles. The summed E-state index contributed by atoms with van der Waals surface area (Å²) in [6.07, 6.45) is 0. The van der Waals surface area contributed by atoms with Crippen molar-refractivity contribution in [2.45, 2.75) is 0 Å². The highest BCUT2D eigenvalue weighted by Gasteiger charge is 2.16. The third kappa shape index (κ3) is 2.33. The smallest absolute Gasteiger partial charge is 0.339 e. The van der Waals surface area contributed by atoms with Gasteiger partial charge in [0.25, 0.3) is 0 Å². The number of halogens is 1. The molecule has 0 amide bonds. The van der Waals surface area contributed by atoms with Crippen LogP contribution in [0, 0.1) is 0 Å². The van der Waals surface area contributed by atoms with Crippen molar-refractivity contribution in [2.75, 3.05) is 21.3 Å². The number of carbonyl (C=O) groups is 1. The first kappa shape index (κ1) is 11.7. The minimum Gasteiger partial charge on any atom is -0.497 e. The van der Waals surface area contributed by atoms with Gasteiger partial charge in [0.2, 0.25) is 0 Å². The highest BCUT2D eigenvalue weighted by Crippen LogP contribution is 2.33. The summed E-state index contributed by atoms with van der Waals surface area (Å²) in [5, 5.41) is 0.213. The van der Waals surface area contributed by atoms with Crippen LogP contribution in [-0.4, -0.2) is 27.3 Å². The Bertz CT molecular complexity index is 376. The number of methoxy groups -OCH3 is 3. The Morgan fingerprint density at radius 2 is 1.87 bits per heavy atom. The lowest BCUT2D eigenvalue weighted by Gasteiger charge is -2.09. The lowest BCUT2D eigenvalue weighted by atomic mass is 10.2. The van der Waals surface area contributed by atoms with E-state index in [0.29, 0.717) is 11.5 Å². The number of hydrogen-bond acceptors (Lipinski definition) is 4. The minimum absolute atomic E-state index is 0.213. The molecule has 0 spiro atoms. The molecule has 0 aliphatic heterocycles. The number of hydrogen-bond donors (Lipinski definition) is 0. The van der Waals surface area contributed by atoms with E-state index in [0.717, 1.165) is 0 Å². The first-order valence-corrected chi connectivity index (χ1v) is 4.51. The highest BCUT2D eigenvalue weighted by molar-refractivity contribution is 6.35. The molecule has 0 saturated heterocycles. The van der Waals surface area contributed by atoms with Gasteiger partial charge in [0, 0.05) is 6.07 Å². The van der Waals surface area contributed by atoms with E-state index in [2.05, 4.69) is 4.74 Å². The maximum atomic E-state index is 11.4. The Morgan fingerprint density at radius 3 is 2.33 bits per heavy atom. The standard InChI is InChI=1S/C10H11ClO4/c1-13-6-4-7(10(12)15-3)9(11)8(5-6)14-2/h4-5H,1-3H3. The van der Waals surface area contributed by atoms with Gasteiger partial charge in [0.1, 0.15) is 11.5 Å². The van der Waals surface area contributed by atoms with Gasteiger partial charge < -0.3 is 14.2 Å². The van der Waals surface area contributed by atoms with Crippen LogP contribution in [0.1, 0.15) is 10.4 Å². The van der Waals surface area contributed by atoms with E-state index in [1.807, 2.05) is 0 Å². The van der Waals surface area contributed by atoms with Crippen molar-refractivity contribution in [3.8, 4) is 11.5 Å². The van der Waals surface area contributed by atoms with Crippen LogP contribution in [0.3, 0.4) is 0 Å². The summed E-state index contributed by atoms with van der Waals surface area (Å²) in [4.78, 5) is 11.4. The zero-order valence-electron chi connectivity index (χ0n) is 8.67. The third-order valence-corrected chi connectivity index (χ3v) is 2.26. The molecule has 0 atom stereocenters. The van der Waals surface area contributed by atoms with Crippen LogP contribution >= 0.6 is 11.6 Å². The fourth-order valence-corrected chi connectivity index (χ4v) is 1.36. The lowest BCUT2D eigenvalue weighted by Crippen LogP contribution is -2.03. The summed E-state index contributed by atoms with van der Waals surface area (Å²) in [6.45, 7) is 0. The van der Waals surface area contributed by atoms with Crippen LogP contribution in [-0.2, 0) is 4.74 Å². The molecule has 4 nitrogen and oxygen atoms in total. The predicted molar refractivity (Wildman–Crippen MR) is 55.9 cm³/mol. The van der Waals surface area contributed by atoms with Crippen LogP contribution < -0.4 is 9.47 Å². The molecular formula is C10H11ClO4. The molecule has 0 N–H and O–H groups in total. The molecule has 0 fully saturated rings. The van der Waals surface area contributed by atoms with Crippen molar-refractivity contribution in [3.63, 3.8) is 0 Å². The van der Waals surface area contributed by atoms with Gasteiger partial charge in [-0.2, -0.15) is 0 Å². The summed E-state index contributed by atoms with van der Waals surface area (Å²) in [7, 11) is 4.23. The maximum Gasteiger partial charge on any atom is 0.339 e. The Hall–Kier alpha value is -1.42. The van der Waals surface area contributed by atoms with Gasteiger partial charge in [-0.15, -0.1) is 0 Å². The monoisotopic (exact) mass is 230 g/mol. The van der Waals surface area contributed by atoms with Crippen LogP contribution in [0.15, 0.2) is 12.1 Å². The zero-order valence-corrected chi connectivity index (χ0v) is 9.42. The van der Waals surface area contributed by atoms with Gasteiger partial charge in [-0.1, -0.05) is 11.6 Å². The Morgan fingerprint density at radius 1 is 1.20 bits per heavy atom. The Kier molecular flexibility index (Phi) is 3.80. The van der Waals surface area contributed by atoms with Crippen molar-refractivity contribution in [2.24, 2.45) is 0 Å². The topological polar surface area (TPSA) is 44.8 Å². The molecule has 82 valence electrons. The summed E-state index contributed by atoms with van der Waals surface area (Å²) in [5.74, 6) is 0.324. The van der Waals surface area contributed by atoms with E-state index in [1.165, 1.54) is 27.4 Å². The molecule has 0 saturated carbocycles. The molecular weight excluding hydrogens is 220 g/mol. The van der Waals surface area contributed by atoms with Crippen molar-refractivity contribution < 1.29 is 19.0 Å². The number of rotatable bonds is 3. The van der Waals surface area contributed by atoms with E-state index in [1.54, 1.807) is 6.07 Å². The van der Waals surface area contributed by atoms with Gasteiger partial charge in [0.15, 0.2) is 0 Å². The minimum atomic E-state index is -0.530. The van der Waals surface area contributed by atoms with Gasteiger partial charge in [-0.25, -0.2) is 4.79 Å². The molecule has 0 unspecified atom stereocenters. The number of benzene rings is 1. The second-order valence-electron chi connectivity index (χ2n) is 2.68. The van der Waals surface area contributed by atoms with E-state index in [-0.39, 0.29) is 10.6 Å². The normalized spacial score (nSPS) is 9.60. The number of esters is 1. The fourth-order valence-electron chi connectivity index (χ4n) is 1.10. The van der Waals surface area contributed by atoms with Crippen LogP contribution in [0.5, 0.6) is 11.5 Å². The molecule has 1 aromatic rings. The van der Waals surface area contributed by atoms with Gasteiger partial charge in [0.05, 0.1) is 31.9 Å². The van der Waals surface area contributed by atoms with Crippen molar-refractivity contribution >= 4 is 17.6 Å². The summed E-state index contributed by atoms with van der Waals surface area (Å²) in [6, 6.07) is 3.09. The second-order valence-corrected chi connectivity index (χ2v) is 3.06. The van der Waals surface area contributed by atoms with Crippen LogP contribution in [0.2, 0.25) is 5.02 Å². The first-order chi connectivity index (χ1) is 7.13. The molecule has 1 rings (SSSR count). The lowest BCUT2D eigenvalue weighted by molar-refractivity contribution is 0.0600. The Balaban J connectivity index is 3.30. The zero-order chi connectivity index (χ0) is 11.4. The fraction of sp³-hybridized carbons (Fsp3) is 0.300. The largest absolute Gasteiger partial charge is 0.497 e. The highest BCUT2D eigenvalue weighted by atomic mass is 35.5. The van der Waals surface area contributed by atoms with Crippen molar-refractivity contribution in [3.05, 3.63) is 22.7 Å². The Labute approximate surface area is 92.7 Å². The summed E-state index contributed by atoms with van der Waals surface area (Å²) in [5.41, 5.74) is 0.218. The quantitative estimate of drug-likeness (QED) is 0.747. The summed E-state index contributed by atoms with van der Waals surface area (Å²) >= 11 is 5.93. The molecule has 0 heterocycles. The van der Waals surface area contributed by atoms with Crippen LogP contribution in [0.25, 0.3) is 0 Å². The molecule has 0 bridgehead atoms. The molecule has 5 heteroatoms. The molecule has 0 aromatic heterocycles. The van der Waals surface area contributed by atoms with E-state index in [9.17, 15) is 4.79 Å².